The van der Waals surface area contributed by atoms with E-state index in [-0.39, 0.29) is 26.1 Å². The van der Waals surface area contributed by atoms with Gasteiger partial charge in [0.15, 0.2) is 0 Å². The van der Waals surface area contributed by atoms with E-state index in [9.17, 15) is 14.4 Å². The lowest BCUT2D eigenvalue weighted by Crippen LogP contribution is -2.41. The Hall–Kier alpha value is -2.30. The average molecular weight is 284 g/mol. The molecule has 0 aromatic heterocycles. The van der Waals surface area contributed by atoms with E-state index in [0.717, 1.165) is 0 Å². The Bertz CT molecular complexity index is 395. The van der Waals surface area contributed by atoms with Crippen LogP contribution in [-0.2, 0) is 14.3 Å². The van der Waals surface area contributed by atoms with Crippen LogP contribution < -0.4 is 16.0 Å². The summed E-state index contributed by atoms with van der Waals surface area (Å²) in [5.41, 5.74) is -0.619. The van der Waals surface area contributed by atoms with E-state index in [2.05, 4.69) is 16.0 Å². The Morgan fingerprint density at radius 2 is 1.60 bits per heavy atom. The summed E-state index contributed by atoms with van der Waals surface area (Å²) in [4.78, 5) is 33.5. The first-order valence-corrected chi connectivity index (χ1v) is 6.12. The topological polar surface area (TPSA) is 120 Å². The first-order chi connectivity index (χ1) is 9.24. The zero-order chi connectivity index (χ0) is 15.6. The minimum atomic E-state index is -0.671. The third kappa shape index (κ3) is 10.8. The normalized spacial score (nSPS) is 10.1. The fourth-order valence-electron chi connectivity index (χ4n) is 1.07. The molecule has 0 aromatic carbocycles. The van der Waals surface area contributed by atoms with Gasteiger partial charge in [0, 0.05) is 13.1 Å². The van der Waals surface area contributed by atoms with Gasteiger partial charge in [0.05, 0.1) is 12.6 Å². The summed E-state index contributed by atoms with van der Waals surface area (Å²) >= 11 is 0. The highest BCUT2D eigenvalue weighted by molar-refractivity contribution is 5.82. The number of rotatable bonds is 6. The van der Waals surface area contributed by atoms with Crippen LogP contribution in [-0.4, -0.2) is 43.1 Å². The highest BCUT2D eigenvalue weighted by atomic mass is 16.6. The predicted molar refractivity (Wildman–Crippen MR) is 70.5 cm³/mol. The van der Waals surface area contributed by atoms with E-state index >= 15 is 0 Å². The van der Waals surface area contributed by atoms with E-state index in [1.165, 1.54) is 0 Å². The number of alkyl carbamates (subject to hydrolysis) is 1. The number of ether oxygens (including phenoxy) is 1. The van der Waals surface area contributed by atoms with Crippen LogP contribution >= 0.6 is 0 Å². The number of amides is 3. The third-order valence-electron chi connectivity index (χ3n) is 1.80. The summed E-state index contributed by atoms with van der Waals surface area (Å²) in [6.07, 6.45) is -0.885. The van der Waals surface area contributed by atoms with Gasteiger partial charge in [-0.05, 0) is 20.8 Å². The monoisotopic (exact) mass is 284 g/mol. The summed E-state index contributed by atoms with van der Waals surface area (Å²) < 4.78 is 4.95. The minimum absolute atomic E-state index is 0.207. The number of hydrogen-bond acceptors (Lipinski definition) is 5. The lowest BCUT2D eigenvalue weighted by atomic mass is 10.2. The molecular formula is C12H20N4O4. The summed E-state index contributed by atoms with van der Waals surface area (Å²) in [7, 11) is 0. The average Bonchev–Trinajstić information content (AvgIpc) is 2.30. The van der Waals surface area contributed by atoms with Gasteiger partial charge in [0.2, 0.25) is 11.8 Å². The molecule has 3 N–H and O–H groups in total. The first-order valence-electron chi connectivity index (χ1n) is 6.12. The van der Waals surface area contributed by atoms with Crippen molar-refractivity contribution in [3.8, 4) is 6.07 Å². The van der Waals surface area contributed by atoms with Gasteiger partial charge in [-0.25, -0.2) is 4.79 Å². The van der Waals surface area contributed by atoms with Crippen LogP contribution in [0.5, 0.6) is 0 Å². The summed E-state index contributed by atoms with van der Waals surface area (Å²) in [6.45, 7) is 5.38. The quantitative estimate of drug-likeness (QED) is 0.576. The fraction of sp³-hybridized carbons (Fsp3) is 0.667. The molecule has 0 bridgehead atoms. The van der Waals surface area contributed by atoms with Gasteiger partial charge in [-0.3, -0.25) is 9.59 Å². The SMILES string of the molecule is CC(C)(C)OC(=O)NCC(=O)NCCNC(=O)CC#N. The van der Waals surface area contributed by atoms with Gasteiger partial charge in [-0.1, -0.05) is 0 Å². The fourth-order valence-corrected chi connectivity index (χ4v) is 1.07. The van der Waals surface area contributed by atoms with Crippen LogP contribution in [0.3, 0.4) is 0 Å². The molecule has 0 aliphatic heterocycles. The van der Waals surface area contributed by atoms with E-state index in [0.29, 0.717) is 0 Å². The molecule has 0 aliphatic rings. The molecule has 0 spiro atoms. The summed E-state index contributed by atoms with van der Waals surface area (Å²) in [6, 6.07) is 1.71. The van der Waals surface area contributed by atoms with Gasteiger partial charge in [0.25, 0.3) is 0 Å². The predicted octanol–water partition coefficient (Wildman–Crippen LogP) is -0.343. The van der Waals surface area contributed by atoms with Gasteiger partial charge in [-0.15, -0.1) is 0 Å². The maximum absolute atomic E-state index is 11.3. The Labute approximate surface area is 117 Å². The zero-order valence-electron chi connectivity index (χ0n) is 11.9. The van der Waals surface area contributed by atoms with Crippen molar-refractivity contribution in [3.05, 3.63) is 0 Å². The second-order valence-corrected chi connectivity index (χ2v) is 4.89. The Morgan fingerprint density at radius 3 is 2.10 bits per heavy atom. The largest absolute Gasteiger partial charge is 0.444 e. The molecule has 0 radical (unpaired) electrons. The standard InChI is InChI=1S/C12H20N4O4/c1-12(2,3)20-11(19)16-8-10(18)15-7-6-14-9(17)4-5-13/h4,6-8H2,1-3H3,(H,14,17)(H,15,18)(H,16,19). The molecule has 0 saturated carbocycles. The van der Waals surface area contributed by atoms with Crippen LogP contribution in [0.2, 0.25) is 0 Å². The van der Waals surface area contributed by atoms with Crippen molar-refractivity contribution in [2.45, 2.75) is 32.8 Å². The van der Waals surface area contributed by atoms with E-state index in [1.807, 2.05) is 0 Å². The molecule has 0 atom stereocenters. The van der Waals surface area contributed by atoms with Crippen LogP contribution in [0.1, 0.15) is 27.2 Å². The minimum Gasteiger partial charge on any atom is -0.444 e. The zero-order valence-corrected chi connectivity index (χ0v) is 11.9. The molecular weight excluding hydrogens is 264 g/mol. The lowest BCUT2D eigenvalue weighted by molar-refractivity contribution is -0.122. The van der Waals surface area contributed by atoms with Gasteiger partial charge in [0.1, 0.15) is 12.0 Å². The molecule has 0 rings (SSSR count). The van der Waals surface area contributed by atoms with Crippen LogP contribution in [0, 0.1) is 11.3 Å². The maximum Gasteiger partial charge on any atom is 0.408 e. The number of hydrogen-bond donors (Lipinski definition) is 3. The van der Waals surface area contributed by atoms with E-state index in [1.54, 1.807) is 26.8 Å². The molecule has 0 heterocycles. The van der Waals surface area contributed by atoms with E-state index in [4.69, 9.17) is 10.00 Å². The van der Waals surface area contributed by atoms with Gasteiger partial charge >= 0.3 is 6.09 Å². The van der Waals surface area contributed by atoms with Gasteiger partial charge in [-0.2, -0.15) is 5.26 Å². The summed E-state index contributed by atoms with van der Waals surface area (Å²) in [5, 5.41) is 15.5. The number of carbonyl (C=O) groups is 3. The van der Waals surface area contributed by atoms with Crippen LogP contribution in [0.15, 0.2) is 0 Å². The van der Waals surface area contributed by atoms with Gasteiger partial charge < -0.3 is 20.7 Å². The molecule has 20 heavy (non-hydrogen) atoms. The van der Waals surface area contributed by atoms with Crippen molar-refractivity contribution in [2.75, 3.05) is 19.6 Å². The molecule has 3 amide bonds. The number of nitriles is 1. The number of nitrogens with one attached hydrogen (secondary N) is 3. The van der Waals surface area contributed by atoms with Crippen LogP contribution in [0.25, 0.3) is 0 Å². The maximum atomic E-state index is 11.3. The molecule has 0 aliphatic carbocycles. The highest BCUT2D eigenvalue weighted by Gasteiger charge is 2.16. The Morgan fingerprint density at radius 1 is 1.05 bits per heavy atom. The Balaban J connectivity index is 3.67. The van der Waals surface area contributed by atoms with Crippen molar-refractivity contribution in [3.63, 3.8) is 0 Å². The highest BCUT2D eigenvalue weighted by Crippen LogP contribution is 2.05. The van der Waals surface area contributed by atoms with Crippen molar-refractivity contribution >= 4 is 17.9 Å². The molecule has 0 fully saturated rings. The molecule has 8 heteroatoms. The number of nitrogens with zero attached hydrogens (tertiary/aromatic N) is 1. The molecule has 112 valence electrons. The van der Waals surface area contributed by atoms with E-state index < -0.39 is 23.5 Å². The smallest absolute Gasteiger partial charge is 0.408 e. The lowest BCUT2D eigenvalue weighted by Gasteiger charge is -2.19. The molecule has 0 saturated heterocycles. The van der Waals surface area contributed by atoms with Crippen molar-refractivity contribution in [1.29, 1.82) is 5.26 Å². The third-order valence-corrected chi connectivity index (χ3v) is 1.80. The second kappa shape index (κ2) is 8.74. The van der Waals surface area contributed by atoms with Crippen molar-refractivity contribution in [1.82, 2.24) is 16.0 Å². The Kier molecular flexibility index (Phi) is 7.74. The van der Waals surface area contributed by atoms with Crippen LogP contribution in [0.4, 0.5) is 4.79 Å². The van der Waals surface area contributed by atoms with Crippen molar-refractivity contribution in [2.24, 2.45) is 0 Å². The molecule has 8 nitrogen and oxygen atoms in total. The first kappa shape index (κ1) is 17.7. The molecule has 0 unspecified atom stereocenters. The summed E-state index contributed by atoms with van der Waals surface area (Å²) in [5.74, 6) is -0.793. The van der Waals surface area contributed by atoms with Crippen molar-refractivity contribution < 1.29 is 19.1 Å². The molecule has 0 aromatic rings. The number of carbonyl (C=O) groups excluding carboxylic acids is 3. The second-order valence-electron chi connectivity index (χ2n) is 4.89.